The van der Waals surface area contributed by atoms with Crippen molar-refractivity contribution in [2.75, 3.05) is 18.4 Å². The van der Waals surface area contributed by atoms with Crippen molar-refractivity contribution in [3.8, 4) is 0 Å². The number of anilines is 1. The van der Waals surface area contributed by atoms with Crippen LogP contribution in [0.4, 0.5) is 5.69 Å². The minimum absolute atomic E-state index is 0.0923. The van der Waals surface area contributed by atoms with E-state index in [9.17, 15) is 24.0 Å². The first-order chi connectivity index (χ1) is 16.2. The number of rotatable bonds is 13. The molecule has 1 aromatic carbocycles. The summed E-state index contributed by atoms with van der Waals surface area (Å²) in [4.78, 5) is 61.1. The van der Waals surface area contributed by atoms with Gasteiger partial charge >= 0.3 is 0 Å². The molecule has 4 N–H and O–H groups in total. The molecule has 0 aliphatic carbocycles. The van der Waals surface area contributed by atoms with Crippen molar-refractivity contribution in [1.82, 2.24) is 15.5 Å². The third kappa shape index (κ3) is 8.43. The molecule has 0 aromatic heterocycles. The Morgan fingerprint density at radius 3 is 2.18 bits per heavy atom. The molecule has 0 fully saturated rings. The number of carbonyl (C=O) groups excluding carboxylic acids is 5. The maximum atomic E-state index is 12.5. The topological polar surface area (TPSA) is 145 Å². The van der Waals surface area contributed by atoms with Gasteiger partial charge in [0.15, 0.2) is 0 Å². The van der Waals surface area contributed by atoms with Gasteiger partial charge in [0.05, 0.1) is 13.2 Å². The van der Waals surface area contributed by atoms with Crippen LogP contribution in [0.1, 0.15) is 45.1 Å². The molecule has 0 saturated heterocycles. The summed E-state index contributed by atoms with van der Waals surface area (Å²) in [5.41, 5.74) is 1.26. The van der Waals surface area contributed by atoms with Crippen LogP contribution in [0.25, 0.3) is 0 Å². The molecule has 1 aromatic rings. The lowest BCUT2D eigenvalue weighted by molar-refractivity contribution is -0.137. The number of benzene rings is 1. The zero-order chi connectivity index (χ0) is 25.1. The second-order valence-electron chi connectivity index (χ2n) is 8.38. The molecule has 0 radical (unpaired) electrons. The van der Waals surface area contributed by atoms with Gasteiger partial charge in [-0.15, -0.1) is 0 Å². The van der Waals surface area contributed by atoms with Crippen LogP contribution in [0.3, 0.4) is 0 Å². The maximum absolute atomic E-state index is 12.5. The number of hydrogen-bond acceptors (Lipinski definition) is 6. The summed E-state index contributed by atoms with van der Waals surface area (Å²) >= 11 is 0. The third-order valence-corrected chi connectivity index (χ3v) is 5.30. The van der Waals surface area contributed by atoms with Gasteiger partial charge in [0, 0.05) is 30.8 Å². The molecule has 5 amide bonds. The Morgan fingerprint density at radius 2 is 1.59 bits per heavy atom. The van der Waals surface area contributed by atoms with Gasteiger partial charge in [0.2, 0.25) is 17.7 Å². The quantitative estimate of drug-likeness (QED) is 0.248. The zero-order valence-corrected chi connectivity index (χ0v) is 19.5. The molecule has 1 unspecified atom stereocenters. The molecule has 0 saturated carbocycles. The van der Waals surface area contributed by atoms with Crippen LogP contribution in [0.2, 0.25) is 0 Å². The summed E-state index contributed by atoms with van der Waals surface area (Å²) in [5.74, 6) is -1.96. The third-order valence-electron chi connectivity index (χ3n) is 5.30. The SMILES string of the molecule is CC(C)C(NC(=O)CCCCCN1C(=O)C=CC1=O)C(=O)NCC(=O)Nc1ccc(CO)cc1. The molecule has 2 rings (SSSR count). The molecule has 1 heterocycles. The van der Waals surface area contributed by atoms with E-state index < -0.39 is 17.9 Å². The number of imide groups is 1. The lowest BCUT2D eigenvalue weighted by Crippen LogP contribution is -2.51. The molecule has 34 heavy (non-hydrogen) atoms. The molecular weight excluding hydrogens is 440 g/mol. The first-order valence-corrected chi connectivity index (χ1v) is 11.3. The Labute approximate surface area is 198 Å². The fraction of sp³-hybridized carbons (Fsp3) is 0.458. The Bertz CT molecular complexity index is 908. The lowest BCUT2D eigenvalue weighted by atomic mass is 10.0. The average Bonchev–Trinajstić information content (AvgIpc) is 3.13. The van der Waals surface area contributed by atoms with Crippen LogP contribution in [-0.2, 0) is 30.6 Å². The van der Waals surface area contributed by atoms with E-state index in [0.29, 0.717) is 31.5 Å². The molecule has 1 atom stereocenters. The summed E-state index contributed by atoms with van der Waals surface area (Å²) in [6.07, 6.45) is 4.50. The molecule has 10 heteroatoms. The molecule has 184 valence electrons. The predicted molar refractivity (Wildman–Crippen MR) is 125 cm³/mol. The highest BCUT2D eigenvalue weighted by Gasteiger charge is 2.25. The van der Waals surface area contributed by atoms with E-state index >= 15 is 0 Å². The normalized spacial score (nSPS) is 13.8. The Balaban J connectivity index is 1.69. The first-order valence-electron chi connectivity index (χ1n) is 11.3. The van der Waals surface area contributed by atoms with Gasteiger partial charge in [-0.25, -0.2) is 0 Å². The molecule has 0 spiro atoms. The predicted octanol–water partition coefficient (Wildman–Crippen LogP) is 0.860. The molecule has 0 bridgehead atoms. The van der Waals surface area contributed by atoms with Crippen molar-refractivity contribution >= 4 is 35.2 Å². The molecule has 10 nitrogen and oxygen atoms in total. The second-order valence-corrected chi connectivity index (χ2v) is 8.38. The van der Waals surface area contributed by atoms with Gasteiger partial charge in [0.1, 0.15) is 6.04 Å². The zero-order valence-electron chi connectivity index (χ0n) is 19.5. The van der Waals surface area contributed by atoms with Gasteiger partial charge in [-0.3, -0.25) is 28.9 Å². The standard InChI is InChI=1S/C24H32N4O6/c1-16(2)23(24(34)25-14-20(31)26-18-9-7-17(15-29)8-10-18)27-19(30)6-4-3-5-13-28-21(32)11-12-22(28)33/h7-12,16,23,29H,3-6,13-15H2,1-2H3,(H,25,34)(H,26,31)(H,27,30). The van der Waals surface area contributed by atoms with E-state index in [0.717, 1.165) is 5.56 Å². The van der Waals surface area contributed by atoms with Crippen molar-refractivity contribution < 1.29 is 29.1 Å². The fourth-order valence-electron chi connectivity index (χ4n) is 3.34. The van der Waals surface area contributed by atoms with E-state index in [-0.39, 0.29) is 43.2 Å². The largest absolute Gasteiger partial charge is 0.392 e. The highest BCUT2D eigenvalue weighted by atomic mass is 16.3. The molecular formula is C24H32N4O6. The Morgan fingerprint density at radius 1 is 0.941 bits per heavy atom. The van der Waals surface area contributed by atoms with Crippen molar-refractivity contribution in [3.05, 3.63) is 42.0 Å². The smallest absolute Gasteiger partial charge is 0.253 e. The van der Waals surface area contributed by atoms with Crippen LogP contribution >= 0.6 is 0 Å². The van der Waals surface area contributed by atoms with E-state index in [2.05, 4.69) is 16.0 Å². The Kier molecular flexibility index (Phi) is 10.4. The lowest BCUT2D eigenvalue weighted by Gasteiger charge is -2.21. The van der Waals surface area contributed by atoms with E-state index in [1.807, 2.05) is 0 Å². The summed E-state index contributed by atoms with van der Waals surface area (Å²) in [6.45, 7) is 3.57. The number of unbranched alkanes of at least 4 members (excludes halogenated alkanes) is 2. The summed E-state index contributed by atoms with van der Waals surface area (Å²) in [7, 11) is 0. The second kappa shape index (κ2) is 13.2. The van der Waals surface area contributed by atoms with Crippen LogP contribution in [0, 0.1) is 5.92 Å². The molecule has 1 aliphatic rings. The fourth-order valence-corrected chi connectivity index (χ4v) is 3.34. The first kappa shape index (κ1) is 26.7. The number of aliphatic hydroxyl groups excluding tert-OH is 1. The van der Waals surface area contributed by atoms with Crippen LogP contribution in [0.15, 0.2) is 36.4 Å². The monoisotopic (exact) mass is 472 g/mol. The van der Waals surface area contributed by atoms with E-state index in [1.165, 1.54) is 17.1 Å². The number of amides is 5. The molecule has 1 aliphatic heterocycles. The number of hydrogen-bond donors (Lipinski definition) is 4. The van der Waals surface area contributed by atoms with Gasteiger partial charge in [0.25, 0.3) is 11.8 Å². The van der Waals surface area contributed by atoms with Crippen molar-refractivity contribution in [2.45, 2.75) is 52.2 Å². The summed E-state index contributed by atoms with van der Waals surface area (Å²) in [5, 5.41) is 17.0. The van der Waals surface area contributed by atoms with E-state index in [1.54, 1.807) is 38.1 Å². The minimum Gasteiger partial charge on any atom is -0.392 e. The van der Waals surface area contributed by atoms with Crippen LogP contribution in [-0.4, -0.2) is 58.7 Å². The van der Waals surface area contributed by atoms with Gasteiger partial charge in [-0.05, 0) is 36.5 Å². The number of nitrogens with one attached hydrogen (secondary N) is 3. The number of nitrogens with zero attached hydrogens (tertiary/aromatic N) is 1. The summed E-state index contributed by atoms with van der Waals surface area (Å²) in [6, 6.07) is 5.89. The number of carbonyl (C=O) groups is 5. The van der Waals surface area contributed by atoms with Gasteiger partial charge in [-0.1, -0.05) is 32.4 Å². The highest BCUT2D eigenvalue weighted by Crippen LogP contribution is 2.10. The van der Waals surface area contributed by atoms with Crippen LogP contribution < -0.4 is 16.0 Å². The average molecular weight is 473 g/mol. The summed E-state index contributed by atoms with van der Waals surface area (Å²) < 4.78 is 0. The number of aliphatic hydroxyl groups is 1. The van der Waals surface area contributed by atoms with Crippen molar-refractivity contribution in [2.24, 2.45) is 5.92 Å². The maximum Gasteiger partial charge on any atom is 0.253 e. The van der Waals surface area contributed by atoms with E-state index in [4.69, 9.17) is 5.11 Å². The van der Waals surface area contributed by atoms with Crippen molar-refractivity contribution in [1.29, 1.82) is 0 Å². The van der Waals surface area contributed by atoms with Crippen molar-refractivity contribution in [3.63, 3.8) is 0 Å². The van der Waals surface area contributed by atoms with Crippen LogP contribution in [0.5, 0.6) is 0 Å². The van der Waals surface area contributed by atoms with Gasteiger partial charge < -0.3 is 21.1 Å². The minimum atomic E-state index is -0.782. The Hall–Kier alpha value is -3.53. The highest BCUT2D eigenvalue weighted by molar-refractivity contribution is 6.12. The van der Waals surface area contributed by atoms with Gasteiger partial charge in [-0.2, -0.15) is 0 Å².